The van der Waals surface area contributed by atoms with Gasteiger partial charge in [0.05, 0.1) is 23.9 Å². The van der Waals surface area contributed by atoms with Crippen LogP contribution in [0.2, 0.25) is 0 Å². The number of allylic oxidation sites excluding steroid dienone is 4. The fourth-order valence-electron chi connectivity index (χ4n) is 9.42. The number of likely N-dealkylation sites (tertiary alicyclic amines) is 1. The molecule has 1 saturated carbocycles. The molecule has 2 amide bonds. The minimum absolute atomic E-state index is 0.0425. The van der Waals surface area contributed by atoms with Crippen molar-refractivity contribution in [1.82, 2.24) is 4.90 Å². The van der Waals surface area contributed by atoms with Gasteiger partial charge in [0, 0.05) is 24.0 Å². The zero-order valence-electron chi connectivity index (χ0n) is 28.8. The number of carbonyl (C=O) groups is 4. The molecule has 2 N–H and O–H groups in total. The minimum atomic E-state index is -1.36. The van der Waals surface area contributed by atoms with E-state index in [1.165, 1.54) is 11.0 Å². The van der Waals surface area contributed by atoms with Crippen molar-refractivity contribution in [3.63, 3.8) is 0 Å². The smallest absolute Gasteiger partial charge is 0.233 e. The second kappa shape index (κ2) is 13.1. The van der Waals surface area contributed by atoms with Gasteiger partial charge in [-0.25, -0.2) is 0 Å². The molecule has 0 aromatic heterocycles. The Morgan fingerprint density at radius 2 is 1.54 bits per heavy atom. The minimum Gasteiger partial charge on any atom is -0.508 e. The van der Waals surface area contributed by atoms with Crippen LogP contribution in [0.4, 0.5) is 0 Å². The summed E-state index contributed by atoms with van der Waals surface area (Å²) in [4.78, 5) is 60.1. The van der Waals surface area contributed by atoms with E-state index < -0.39 is 35.0 Å². The average molecular weight is 694 g/mol. The van der Waals surface area contributed by atoms with Gasteiger partial charge in [-0.05, 0) is 84.7 Å². The largest absolute Gasteiger partial charge is 0.508 e. The van der Waals surface area contributed by atoms with Crippen molar-refractivity contribution in [2.45, 2.75) is 37.5 Å². The Balaban J connectivity index is 1.29. The molecule has 4 aliphatic rings. The van der Waals surface area contributed by atoms with E-state index in [0.717, 1.165) is 11.1 Å². The topological polar surface area (TPSA) is 121 Å². The van der Waals surface area contributed by atoms with Gasteiger partial charge in [0.25, 0.3) is 0 Å². The van der Waals surface area contributed by atoms with E-state index in [1.54, 1.807) is 42.5 Å². The number of amides is 2. The lowest BCUT2D eigenvalue weighted by Gasteiger charge is -2.55. The molecular formula is C44H39NO7. The molecule has 2 fully saturated rings. The summed E-state index contributed by atoms with van der Waals surface area (Å²) >= 11 is 0. The molecule has 8 heteroatoms. The third-order valence-electron chi connectivity index (χ3n) is 11.6. The van der Waals surface area contributed by atoms with Crippen molar-refractivity contribution in [3.05, 3.63) is 143 Å². The summed E-state index contributed by atoms with van der Waals surface area (Å²) in [6.07, 6.45) is 4.52. The van der Waals surface area contributed by atoms with E-state index in [9.17, 15) is 19.8 Å². The maximum atomic E-state index is 15.2. The first-order valence-corrected chi connectivity index (χ1v) is 17.9. The number of hydrogen-bond acceptors (Lipinski definition) is 7. The number of phenols is 2. The molecule has 1 aliphatic heterocycles. The summed E-state index contributed by atoms with van der Waals surface area (Å²) in [6, 6.07) is 30.4. The van der Waals surface area contributed by atoms with Gasteiger partial charge >= 0.3 is 0 Å². The summed E-state index contributed by atoms with van der Waals surface area (Å²) in [5.74, 6) is -3.81. The molecule has 52 heavy (non-hydrogen) atoms. The Kier molecular flexibility index (Phi) is 8.41. The molecule has 1 heterocycles. The predicted octanol–water partition coefficient (Wildman–Crippen LogP) is 6.56. The van der Waals surface area contributed by atoms with Crippen LogP contribution in [0.5, 0.6) is 17.2 Å². The number of nitrogens with zero attached hydrogens (tertiary/aromatic N) is 1. The fraction of sp³-hybridized carbons (Fsp3) is 0.273. The number of aromatic hydroxyl groups is 2. The van der Waals surface area contributed by atoms with Crippen LogP contribution in [0.15, 0.2) is 121 Å². The van der Waals surface area contributed by atoms with E-state index in [-0.39, 0.29) is 53.6 Å². The Hall–Kier alpha value is -5.76. The lowest BCUT2D eigenvalue weighted by molar-refractivity contribution is -0.140. The van der Waals surface area contributed by atoms with Gasteiger partial charge < -0.3 is 14.9 Å². The first-order chi connectivity index (χ1) is 25.2. The Morgan fingerprint density at radius 1 is 0.827 bits per heavy atom. The summed E-state index contributed by atoms with van der Waals surface area (Å²) in [6.45, 7) is 2.33. The van der Waals surface area contributed by atoms with Crippen molar-refractivity contribution in [3.8, 4) is 17.2 Å². The number of imide groups is 1. The SMILES string of the molecule is CCOc1cc([C@H]2C3=CC[C@@H]4C(=O)N(CCc5ccc(O)cc5)C(=O)[C@@H]4[C@@H]3C[C@H]3C(=O)C(c4ccccc4)=CC(=O)[C@@]23c2ccccc2)ccc1O. The molecule has 1 saturated heterocycles. The van der Waals surface area contributed by atoms with Crippen molar-refractivity contribution >= 4 is 29.0 Å². The average Bonchev–Trinajstić information content (AvgIpc) is 3.41. The van der Waals surface area contributed by atoms with E-state index in [4.69, 9.17) is 4.74 Å². The van der Waals surface area contributed by atoms with Gasteiger partial charge in [-0.15, -0.1) is 0 Å². The van der Waals surface area contributed by atoms with E-state index in [1.807, 2.05) is 73.7 Å². The molecule has 4 aromatic rings. The highest BCUT2D eigenvalue weighted by atomic mass is 16.5. The van der Waals surface area contributed by atoms with E-state index >= 15 is 9.59 Å². The molecule has 0 unspecified atom stereocenters. The predicted molar refractivity (Wildman–Crippen MR) is 194 cm³/mol. The zero-order valence-corrected chi connectivity index (χ0v) is 28.8. The van der Waals surface area contributed by atoms with Gasteiger partial charge in [-0.2, -0.15) is 0 Å². The second-order valence-corrected chi connectivity index (χ2v) is 14.2. The monoisotopic (exact) mass is 693 g/mol. The highest BCUT2D eigenvalue weighted by Crippen LogP contribution is 2.64. The summed E-state index contributed by atoms with van der Waals surface area (Å²) in [5.41, 5.74) is 2.75. The molecule has 4 aromatic carbocycles. The summed E-state index contributed by atoms with van der Waals surface area (Å²) < 4.78 is 5.83. The van der Waals surface area contributed by atoms with Crippen LogP contribution in [0.1, 0.15) is 47.9 Å². The number of benzene rings is 4. The van der Waals surface area contributed by atoms with E-state index in [2.05, 4.69) is 0 Å². The second-order valence-electron chi connectivity index (χ2n) is 14.2. The number of Topliss-reactive ketones (excluding diaryl/α,β-unsaturated/α-hetero) is 1. The number of ether oxygens (including phenoxy) is 1. The van der Waals surface area contributed by atoms with Crippen LogP contribution in [0.25, 0.3) is 5.57 Å². The van der Waals surface area contributed by atoms with Crippen LogP contribution in [0.3, 0.4) is 0 Å². The number of ketones is 2. The number of phenolic OH excluding ortho intramolecular Hbond substituents is 2. The van der Waals surface area contributed by atoms with E-state index in [0.29, 0.717) is 41.7 Å². The lowest BCUT2D eigenvalue weighted by atomic mass is 9.44. The van der Waals surface area contributed by atoms with Crippen LogP contribution < -0.4 is 4.74 Å². The standard InChI is InChI=1S/C44H39NO7/c1-2-52-37-23-28(15-20-36(37)47)40-31-18-19-32-39(43(51)45(42(32)50)22-21-26-13-16-30(46)17-14-26)34(31)24-35-41(49)33(27-9-5-3-6-10-27)25-38(48)44(35,40)29-11-7-4-8-12-29/h3-18,20,23,25,32,34-35,39-40,46-47H,2,19,21-22,24H2,1H3/t32-,34+,35-,39-,40-,44-/m0/s1. The molecule has 262 valence electrons. The molecular weight excluding hydrogens is 654 g/mol. The number of carbonyl (C=O) groups excluding carboxylic acids is 4. The van der Waals surface area contributed by atoms with Crippen molar-refractivity contribution in [2.24, 2.45) is 23.7 Å². The molecule has 8 nitrogen and oxygen atoms in total. The van der Waals surface area contributed by atoms with Gasteiger partial charge in [0.2, 0.25) is 11.8 Å². The van der Waals surface area contributed by atoms with Gasteiger partial charge in [0.1, 0.15) is 5.75 Å². The van der Waals surface area contributed by atoms with Gasteiger partial charge in [0.15, 0.2) is 23.1 Å². The van der Waals surface area contributed by atoms with Crippen LogP contribution in [0, 0.1) is 23.7 Å². The third-order valence-corrected chi connectivity index (χ3v) is 11.6. The van der Waals surface area contributed by atoms with Crippen molar-refractivity contribution in [1.29, 1.82) is 0 Å². The Morgan fingerprint density at radius 3 is 2.25 bits per heavy atom. The van der Waals surface area contributed by atoms with Crippen LogP contribution >= 0.6 is 0 Å². The van der Waals surface area contributed by atoms with Crippen molar-refractivity contribution in [2.75, 3.05) is 13.2 Å². The van der Waals surface area contributed by atoms with Crippen molar-refractivity contribution < 1.29 is 34.1 Å². The number of fused-ring (bicyclic) bond motifs is 4. The van der Waals surface area contributed by atoms with Gasteiger partial charge in [-0.3, -0.25) is 24.1 Å². The Bertz CT molecular complexity index is 2140. The van der Waals surface area contributed by atoms with Crippen LogP contribution in [-0.2, 0) is 31.0 Å². The first-order valence-electron chi connectivity index (χ1n) is 17.9. The van der Waals surface area contributed by atoms with Gasteiger partial charge in [-0.1, -0.05) is 90.5 Å². The maximum absolute atomic E-state index is 15.2. The molecule has 6 atom stereocenters. The maximum Gasteiger partial charge on any atom is 0.233 e. The molecule has 0 bridgehead atoms. The fourth-order valence-corrected chi connectivity index (χ4v) is 9.42. The highest BCUT2D eigenvalue weighted by Gasteiger charge is 2.65. The molecule has 8 rings (SSSR count). The van der Waals surface area contributed by atoms with Crippen LogP contribution in [-0.4, -0.2) is 51.6 Å². The lowest BCUT2D eigenvalue weighted by Crippen LogP contribution is -2.58. The Labute approximate surface area is 302 Å². The highest BCUT2D eigenvalue weighted by molar-refractivity contribution is 6.31. The molecule has 0 radical (unpaired) electrons. The normalized spacial score (nSPS) is 26.6. The quantitative estimate of drug-likeness (QED) is 0.158. The summed E-state index contributed by atoms with van der Waals surface area (Å²) in [7, 11) is 0. The molecule has 3 aliphatic carbocycles. The number of rotatable bonds is 8. The first kappa shape index (κ1) is 33.4. The summed E-state index contributed by atoms with van der Waals surface area (Å²) in [5, 5.41) is 20.5. The third kappa shape index (κ3) is 5.19. The molecule has 0 spiro atoms. The zero-order chi connectivity index (χ0) is 36.1. The number of hydrogen-bond donors (Lipinski definition) is 2.